The van der Waals surface area contributed by atoms with Gasteiger partial charge in [-0.15, -0.1) is 0 Å². The Labute approximate surface area is 164 Å². The number of carbonyl (C=O) groups excluding carboxylic acids is 1. The van der Waals surface area contributed by atoms with Gasteiger partial charge in [0.1, 0.15) is 5.69 Å². The summed E-state index contributed by atoms with van der Waals surface area (Å²) in [5, 5.41) is 16.7. The van der Waals surface area contributed by atoms with Gasteiger partial charge in [0.25, 0.3) is 11.6 Å². The fourth-order valence-electron chi connectivity index (χ4n) is 2.16. The third kappa shape index (κ3) is 5.14. The van der Waals surface area contributed by atoms with Crippen LogP contribution in [-0.4, -0.2) is 38.6 Å². The zero-order valence-electron chi connectivity index (χ0n) is 13.7. The Bertz CT molecular complexity index is 947. The first-order valence-electron chi connectivity index (χ1n) is 7.45. The Hall–Kier alpha value is -2.21. The molecule has 1 amide bonds. The first-order valence-corrected chi connectivity index (χ1v) is 10.4. The number of rotatable bonds is 7. The van der Waals surface area contributed by atoms with Gasteiger partial charge in [0.2, 0.25) is 0 Å². The number of sulfone groups is 1. The van der Waals surface area contributed by atoms with Crippen molar-refractivity contribution in [3.8, 4) is 0 Å². The van der Waals surface area contributed by atoms with Crippen molar-refractivity contribution in [3.63, 3.8) is 0 Å². The van der Waals surface area contributed by atoms with Gasteiger partial charge in [-0.3, -0.25) is 14.9 Å². The number of hydrogen-bond donors (Lipinski definition) is 2. The molecule has 0 aliphatic rings. The Kier molecular flexibility index (Phi) is 6.53. The second-order valence-corrected chi connectivity index (χ2v) is 8.55. The van der Waals surface area contributed by atoms with Crippen LogP contribution in [0.1, 0.15) is 10.4 Å². The monoisotopic (exact) mass is 489 g/mol. The molecule has 0 saturated heterocycles. The van der Waals surface area contributed by atoms with Crippen LogP contribution < -0.4 is 10.6 Å². The molecule has 0 aromatic heterocycles. The van der Waals surface area contributed by atoms with E-state index in [9.17, 15) is 23.3 Å². The van der Waals surface area contributed by atoms with Gasteiger partial charge in [0.05, 0.1) is 15.4 Å². The van der Waals surface area contributed by atoms with Crippen molar-refractivity contribution in [1.82, 2.24) is 5.32 Å². The minimum atomic E-state index is -3.54. The molecule has 138 valence electrons. The topological polar surface area (TPSA) is 118 Å². The first-order chi connectivity index (χ1) is 12.2. The van der Waals surface area contributed by atoms with Crippen molar-refractivity contribution in [1.29, 1.82) is 0 Å². The van der Waals surface area contributed by atoms with E-state index >= 15 is 0 Å². The summed E-state index contributed by atoms with van der Waals surface area (Å²) in [4.78, 5) is 22.5. The Morgan fingerprint density at radius 2 is 1.88 bits per heavy atom. The number of hydrogen-bond acceptors (Lipinski definition) is 6. The lowest BCUT2D eigenvalue weighted by molar-refractivity contribution is -0.384. The highest BCUT2D eigenvalue weighted by Crippen LogP contribution is 2.27. The molecule has 0 atom stereocenters. The van der Waals surface area contributed by atoms with Crippen molar-refractivity contribution in [2.75, 3.05) is 24.7 Å². The molecule has 2 aromatic rings. The second-order valence-electron chi connectivity index (χ2n) is 5.37. The van der Waals surface area contributed by atoms with E-state index in [1.165, 1.54) is 12.1 Å². The standard InChI is InChI=1S/C16H16IN3O5S/c1-26(24,25)11-6-7-14(15(10-11)20(22)23)18-8-9-19-16(21)12-4-2-3-5-13(12)17/h2-7,10,18H,8-9H2,1H3,(H,19,21). The van der Waals surface area contributed by atoms with Crippen LogP contribution >= 0.6 is 22.6 Å². The van der Waals surface area contributed by atoms with E-state index in [1.807, 2.05) is 12.1 Å². The average Bonchev–Trinajstić information content (AvgIpc) is 2.58. The first kappa shape index (κ1) is 20.1. The van der Waals surface area contributed by atoms with Gasteiger partial charge in [-0.1, -0.05) is 12.1 Å². The SMILES string of the molecule is CS(=O)(=O)c1ccc(NCCNC(=O)c2ccccc2I)c([N+](=O)[O-])c1. The lowest BCUT2D eigenvalue weighted by Crippen LogP contribution is -2.29. The molecular weight excluding hydrogens is 473 g/mol. The number of nitro groups is 1. The predicted octanol–water partition coefficient (Wildman–Crippen LogP) is 2.44. The van der Waals surface area contributed by atoms with Gasteiger partial charge in [0.15, 0.2) is 9.84 Å². The average molecular weight is 489 g/mol. The molecule has 0 saturated carbocycles. The number of halogens is 1. The van der Waals surface area contributed by atoms with E-state index in [0.717, 1.165) is 15.9 Å². The number of nitro benzene ring substituents is 1. The molecule has 2 N–H and O–H groups in total. The number of nitrogens with one attached hydrogen (secondary N) is 2. The molecule has 0 radical (unpaired) electrons. The normalized spacial score (nSPS) is 11.0. The predicted molar refractivity (Wildman–Crippen MR) is 106 cm³/mol. The molecule has 0 fully saturated rings. The van der Waals surface area contributed by atoms with Crippen LogP contribution in [0.5, 0.6) is 0 Å². The highest BCUT2D eigenvalue weighted by atomic mass is 127. The summed E-state index contributed by atoms with van der Waals surface area (Å²) in [6.07, 6.45) is 0.986. The molecule has 0 bridgehead atoms. The summed E-state index contributed by atoms with van der Waals surface area (Å²) in [5.74, 6) is -0.237. The van der Waals surface area contributed by atoms with Gasteiger partial charge in [0, 0.05) is 29.0 Å². The van der Waals surface area contributed by atoms with Gasteiger partial charge >= 0.3 is 0 Å². The minimum Gasteiger partial charge on any atom is -0.378 e. The quantitative estimate of drug-likeness (QED) is 0.267. The zero-order chi connectivity index (χ0) is 19.3. The van der Waals surface area contributed by atoms with Crippen LogP contribution in [-0.2, 0) is 9.84 Å². The molecule has 26 heavy (non-hydrogen) atoms. The van der Waals surface area contributed by atoms with Crippen molar-refractivity contribution >= 4 is 49.7 Å². The number of anilines is 1. The summed E-state index contributed by atoms with van der Waals surface area (Å²) in [6, 6.07) is 10.8. The van der Waals surface area contributed by atoms with E-state index < -0.39 is 14.8 Å². The van der Waals surface area contributed by atoms with Crippen LogP contribution in [0.3, 0.4) is 0 Å². The maximum Gasteiger partial charge on any atom is 0.293 e. The molecule has 2 rings (SSSR count). The molecule has 0 unspecified atom stereocenters. The summed E-state index contributed by atoms with van der Waals surface area (Å²) in [7, 11) is -3.54. The molecular formula is C16H16IN3O5S. The maximum atomic E-state index is 12.1. The summed E-state index contributed by atoms with van der Waals surface area (Å²) in [6.45, 7) is 0.489. The van der Waals surface area contributed by atoms with E-state index in [0.29, 0.717) is 5.56 Å². The van der Waals surface area contributed by atoms with Gasteiger partial charge in [-0.05, 0) is 46.9 Å². The number of benzene rings is 2. The molecule has 0 aliphatic carbocycles. The maximum absolute atomic E-state index is 12.1. The Morgan fingerprint density at radius 1 is 1.19 bits per heavy atom. The van der Waals surface area contributed by atoms with Gasteiger partial charge < -0.3 is 10.6 Å². The molecule has 2 aromatic carbocycles. The highest BCUT2D eigenvalue weighted by Gasteiger charge is 2.18. The Balaban J connectivity index is 2.00. The van der Waals surface area contributed by atoms with Gasteiger partial charge in [-0.25, -0.2) is 8.42 Å². The van der Waals surface area contributed by atoms with E-state index in [1.54, 1.807) is 12.1 Å². The fraction of sp³-hybridized carbons (Fsp3) is 0.188. The van der Waals surface area contributed by atoms with Crippen LogP contribution in [0.4, 0.5) is 11.4 Å². The van der Waals surface area contributed by atoms with Gasteiger partial charge in [-0.2, -0.15) is 0 Å². The summed E-state index contributed by atoms with van der Waals surface area (Å²) < 4.78 is 23.9. The fourth-order valence-corrected chi connectivity index (χ4v) is 3.43. The largest absolute Gasteiger partial charge is 0.378 e. The van der Waals surface area contributed by atoms with Crippen LogP contribution in [0.2, 0.25) is 0 Å². The van der Waals surface area contributed by atoms with Crippen LogP contribution in [0, 0.1) is 13.7 Å². The van der Waals surface area contributed by atoms with Crippen LogP contribution in [0.25, 0.3) is 0 Å². The minimum absolute atomic E-state index is 0.123. The van der Waals surface area contributed by atoms with Crippen LogP contribution in [0.15, 0.2) is 47.4 Å². The molecule has 0 spiro atoms. The van der Waals surface area contributed by atoms with Crippen molar-refractivity contribution in [2.45, 2.75) is 4.90 Å². The molecule has 0 heterocycles. The molecule has 0 aliphatic heterocycles. The van der Waals surface area contributed by atoms with E-state index in [2.05, 4.69) is 33.2 Å². The third-order valence-electron chi connectivity index (χ3n) is 3.44. The van der Waals surface area contributed by atoms with Crippen molar-refractivity contribution in [2.24, 2.45) is 0 Å². The smallest absolute Gasteiger partial charge is 0.293 e. The summed E-state index contributed by atoms with van der Waals surface area (Å²) in [5.41, 5.74) is 0.402. The number of nitrogens with zero attached hydrogens (tertiary/aromatic N) is 1. The van der Waals surface area contributed by atoms with E-state index in [4.69, 9.17) is 0 Å². The lowest BCUT2D eigenvalue weighted by Gasteiger charge is -2.10. The van der Waals surface area contributed by atoms with Crippen molar-refractivity contribution < 1.29 is 18.1 Å². The summed E-state index contributed by atoms with van der Waals surface area (Å²) >= 11 is 2.07. The zero-order valence-corrected chi connectivity index (χ0v) is 16.7. The molecule has 8 nitrogen and oxygen atoms in total. The van der Waals surface area contributed by atoms with Crippen molar-refractivity contribution in [3.05, 3.63) is 61.7 Å². The Morgan fingerprint density at radius 3 is 2.50 bits per heavy atom. The number of carbonyl (C=O) groups is 1. The number of amides is 1. The highest BCUT2D eigenvalue weighted by molar-refractivity contribution is 14.1. The third-order valence-corrected chi connectivity index (χ3v) is 5.49. The lowest BCUT2D eigenvalue weighted by atomic mass is 10.2. The second kappa shape index (κ2) is 8.45. The molecule has 10 heteroatoms. The van der Waals surface area contributed by atoms with E-state index in [-0.39, 0.29) is 35.3 Å².